The van der Waals surface area contributed by atoms with Crippen molar-refractivity contribution in [1.29, 1.82) is 0 Å². The highest BCUT2D eigenvalue weighted by atomic mass is 16.5. The van der Waals surface area contributed by atoms with E-state index in [1.165, 1.54) is 32.4 Å². The Bertz CT molecular complexity index is 1500. The molecule has 9 nitrogen and oxygen atoms in total. The van der Waals surface area contributed by atoms with Crippen LogP contribution < -0.4 is 15.4 Å². The summed E-state index contributed by atoms with van der Waals surface area (Å²) >= 11 is 0. The Morgan fingerprint density at radius 1 is 1.05 bits per heavy atom. The lowest BCUT2D eigenvalue weighted by atomic mass is 9.93. The number of imidazole rings is 1. The van der Waals surface area contributed by atoms with Gasteiger partial charge in [-0.3, -0.25) is 5.32 Å². The Labute approximate surface area is 234 Å². The second-order valence-electron chi connectivity index (χ2n) is 11.1. The number of fused-ring (bicyclic) bond motifs is 1. The SMILES string of the molecule is CC(C)(C)c1cc(NC(=O)Nc2ccc(C#Cc3cn4ccc(OCCCN5CCCCC5)cc4n3)cc2)no1. The number of carbonyl (C=O) groups is 1. The molecule has 0 spiro atoms. The van der Waals surface area contributed by atoms with E-state index >= 15 is 0 Å². The molecule has 0 bridgehead atoms. The molecule has 0 unspecified atom stereocenters. The minimum atomic E-state index is -0.400. The molecule has 1 saturated heterocycles. The van der Waals surface area contributed by atoms with E-state index in [1.54, 1.807) is 18.2 Å². The lowest BCUT2D eigenvalue weighted by molar-refractivity contribution is 0.205. The number of aromatic nitrogens is 3. The number of nitrogens with zero attached hydrogens (tertiary/aromatic N) is 4. The summed E-state index contributed by atoms with van der Waals surface area (Å²) < 4.78 is 13.2. The van der Waals surface area contributed by atoms with Crippen molar-refractivity contribution in [1.82, 2.24) is 19.4 Å². The molecule has 0 radical (unpaired) electrons. The fourth-order valence-electron chi connectivity index (χ4n) is 4.51. The largest absolute Gasteiger partial charge is 0.493 e. The van der Waals surface area contributed by atoms with Crippen molar-refractivity contribution in [3.63, 3.8) is 0 Å². The number of urea groups is 1. The monoisotopic (exact) mass is 540 g/mol. The van der Waals surface area contributed by atoms with Crippen LogP contribution in [0.15, 0.2) is 59.4 Å². The standard InChI is InChI=1S/C31H36N6O3/c1-31(2,3)27-21-28(35-40-27)34-30(38)33-24-11-8-23(9-12-24)10-13-25-22-37-18-14-26(20-29(37)32-25)39-19-7-17-36-15-5-4-6-16-36/h8-9,11-12,14,18,20-22H,4-7,15-17,19H2,1-3H3,(H2,33,34,35,38). The maximum atomic E-state index is 12.3. The molecular weight excluding hydrogens is 504 g/mol. The molecule has 1 aromatic carbocycles. The van der Waals surface area contributed by atoms with Crippen LogP contribution in [0, 0.1) is 11.8 Å². The van der Waals surface area contributed by atoms with E-state index in [2.05, 4.69) is 37.5 Å². The number of carbonyl (C=O) groups excluding carboxylic acids is 1. The van der Waals surface area contributed by atoms with E-state index in [9.17, 15) is 4.79 Å². The molecule has 40 heavy (non-hydrogen) atoms. The van der Waals surface area contributed by atoms with Gasteiger partial charge in [-0.15, -0.1) is 0 Å². The topological polar surface area (TPSA) is 96.9 Å². The average molecular weight is 541 g/mol. The highest BCUT2D eigenvalue weighted by molar-refractivity contribution is 5.99. The van der Waals surface area contributed by atoms with Crippen molar-refractivity contribution in [2.75, 3.05) is 36.9 Å². The van der Waals surface area contributed by atoms with E-state index in [0.717, 1.165) is 29.9 Å². The molecule has 0 atom stereocenters. The molecule has 9 heteroatoms. The van der Waals surface area contributed by atoms with Gasteiger partial charge in [-0.05, 0) is 68.6 Å². The molecule has 1 aliphatic heterocycles. The van der Waals surface area contributed by atoms with Crippen molar-refractivity contribution >= 4 is 23.2 Å². The third-order valence-corrected chi connectivity index (χ3v) is 6.74. The lowest BCUT2D eigenvalue weighted by Crippen LogP contribution is -2.31. The van der Waals surface area contributed by atoms with E-state index in [1.807, 2.05) is 61.8 Å². The van der Waals surface area contributed by atoms with Crippen LogP contribution in [0.1, 0.15) is 63.5 Å². The number of ether oxygens (including phenoxy) is 1. The first-order valence-electron chi connectivity index (χ1n) is 13.8. The van der Waals surface area contributed by atoms with Crippen molar-refractivity contribution in [3.05, 3.63) is 71.9 Å². The minimum absolute atomic E-state index is 0.187. The summed E-state index contributed by atoms with van der Waals surface area (Å²) in [5.41, 5.74) is 2.73. The van der Waals surface area contributed by atoms with Crippen LogP contribution in [-0.4, -0.2) is 51.7 Å². The zero-order valence-electron chi connectivity index (χ0n) is 23.4. The number of amides is 2. The van der Waals surface area contributed by atoms with Gasteiger partial charge in [0.25, 0.3) is 0 Å². The number of pyridine rings is 1. The van der Waals surface area contributed by atoms with Crippen LogP contribution in [0.25, 0.3) is 5.65 Å². The zero-order chi connectivity index (χ0) is 28.0. The third kappa shape index (κ3) is 7.42. The predicted octanol–water partition coefficient (Wildman–Crippen LogP) is 5.92. The van der Waals surface area contributed by atoms with Gasteiger partial charge in [0.2, 0.25) is 0 Å². The summed E-state index contributed by atoms with van der Waals surface area (Å²) in [4.78, 5) is 19.5. The van der Waals surface area contributed by atoms with E-state index < -0.39 is 6.03 Å². The Hall–Kier alpha value is -4.29. The second-order valence-corrected chi connectivity index (χ2v) is 11.1. The molecule has 0 saturated carbocycles. The van der Waals surface area contributed by atoms with Crippen LogP contribution in [0.4, 0.5) is 16.3 Å². The van der Waals surface area contributed by atoms with Crippen molar-refractivity contribution < 1.29 is 14.1 Å². The molecule has 1 aliphatic rings. The van der Waals surface area contributed by atoms with Crippen LogP contribution in [0.2, 0.25) is 0 Å². The van der Waals surface area contributed by atoms with Gasteiger partial charge < -0.3 is 23.9 Å². The molecule has 3 aromatic heterocycles. The van der Waals surface area contributed by atoms with Gasteiger partial charge in [0.1, 0.15) is 22.9 Å². The Morgan fingerprint density at radius 3 is 2.60 bits per heavy atom. The van der Waals surface area contributed by atoms with Gasteiger partial charge in [-0.1, -0.05) is 38.3 Å². The number of piperidine rings is 1. The highest BCUT2D eigenvalue weighted by Crippen LogP contribution is 2.24. The fraction of sp³-hybridized carbons (Fsp3) is 0.387. The van der Waals surface area contributed by atoms with Gasteiger partial charge in [-0.25, -0.2) is 9.78 Å². The third-order valence-electron chi connectivity index (χ3n) is 6.74. The Morgan fingerprint density at radius 2 is 1.85 bits per heavy atom. The Balaban J connectivity index is 1.12. The zero-order valence-corrected chi connectivity index (χ0v) is 23.4. The first-order chi connectivity index (χ1) is 19.3. The first-order valence-corrected chi connectivity index (χ1v) is 13.8. The maximum Gasteiger partial charge on any atom is 0.324 e. The molecule has 208 valence electrons. The molecule has 1 fully saturated rings. The average Bonchev–Trinajstić information content (AvgIpc) is 3.58. The summed E-state index contributed by atoms with van der Waals surface area (Å²) in [5.74, 6) is 8.14. The maximum absolute atomic E-state index is 12.3. The quantitative estimate of drug-likeness (QED) is 0.223. The van der Waals surface area contributed by atoms with Gasteiger partial charge in [0.15, 0.2) is 5.82 Å². The normalized spacial score (nSPS) is 14.0. The molecular formula is C31H36N6O3. The van der Waals surface area contributed by atoms with Crippen LogP contribution in [0.3, 0.4) is 0 Å². The molecule has 5 rings (SSSR count). The van der Waals surface area contributed by atoms with E-state index in [4.69, 9.17) is 9.26 Å². The number of nitrogens with one attached hydrogen (secondary N) is 2. The molecule has 2 N–H and O–H groups in total. The van der Waals surface area contributed by atoms with Crippen LogP contribution >= 0.6 is 0 Å². The number of rotatable bonds is 7. The van der Waals surface area contributed by atoms with Crippen molar-refractivity contribution in [2.45, 2.75) is 51.9 Å². The Kier molecular flexibility index (Phi) is 8.37. The number of benzene rings is 1. The molecule has 4 heterocycles. The fourth-order valence-corrected chi connectivity index (χ4v) is 4.51. The second kappa shape index (κ2) is 12.3. The summed E-state index contributed by atoms with van der Waals surface area (Å²) in [6.45, 7) is 10.3. The van der Waals surface area contributed by atoms with Crippen molar-refractivity contribution in [2.24, 2.45) is 0 Å². The minimum Gasteiger partial charge on any atom is -0.493 e. The lowest BCUT2D eigenvalue weighted by Gasteiger charge is -2.26. The van der Waals surface area contributed by atoms with Gasteiger partial charge in [0.05, 0.1) is 6.61 Å². The number of likely N-dealkylation sites (tertiary alicyclic amines) is 1. The summed E-state index contributed by atoms with van der Waals surface area (Å²) in [6, 6.07) is 12.5. The van der Waals surface area contributed by atoms with E-state index in [0.29, 0.717) is 29.6 Å². The van der Waals surface area contributed by atoms with Gasteiger partial charge in [-0.2, -0.15) is 0 Å². The molecule has 4 aromatic rings. The number of anilines is 2. The molecule has 0 aliphatic carbocycles. The molecule has 2 amide bonds. The van der Waals surface area contributed by atoms with Crippen molar-refractivity contribution in [3.8, 4) is 17.6 Å². The number of hydrogen-bond donors (Lipinski definition) is 2. The smallest absolute Gasteiger partial charge is 0.324 e. The van der Waals surface area contributed by atoms with Gasteiger partial charge in [0, 0.05) is 47.7 Å². The highest BCUT2D eigenvalue weighted by Gasteiger charge is 2.20. The van der Waals surface area contributed by atoms with Gasteiger partial charge >= 0.3 is 6.03 Å². The predicted molar refractivity (Wildman–Crippen MR) is 156 cm³/mol. The van der Waals surface area contributed by atoms with E-state index in [-0.39, 0.29) is 5.41 Å². The summed E-state index contributed by atoms with van der Waals surface area (Å²) in [5, 5.41) is 9.37. The van der Waals surface area contributed by atoms with Crippen LogP contribution in [0.5, 0.6) is 5.75 Å². The first kappa shape index (κ1) is 27.3. The summed E-state index contributed by atoms with van der Waals surface area (Å²) in [7, 11) is 0. The van der Waals surface area contributed by atoms with Crippen LogP contribution in [-0.2, 0) is 5.41 Å². The number of hydrogen-bond acceptors (Lipinski definition) is 6. The summed E-state index contributed by atoms with van der Waals surface area (Å²) in [6.07, 6.45) is 8.86.